The number of rotatable bonds is 5. The zero-order valence-corrected chi connectivity index (χ0v) is 13.3. The van der Waals surface area contributed by atoms with Gasteiger partial charge in [0.15, 0.2) is 0 Å². The van der Waals surface area contributed by atoms with E-state index in [9.17, 15) is 4.79 Å². The summed E-state index contributed by atoms with van der Waals surface area (Å²) in [7, 11) is 0. The van der Waals surface area contributed by atoms with Gasteiger partial charge in [-0.1, -0.05) is 42.8 Å². The Balaban J connectivity index is 2.08. The van der Waals surface area contributed by atoms with Crippen molar-refractivity contribution in [3.63, 3.8) is 0 Å². The molecule has 3 nitrogen and oxygen atoms in total. The second-order valence-corrected chi connectivity index (χ2v) is 5.86. The molecule has 0 fully saturated rings. The summed E-state index contributed by atoms with van der Waals surface area (Å²) in [6.45, 7) is 3.41. The van der Waals surface area contributed by atoms with E-state index in [1.807, 2.05) is 29.2 Å². The molecular weight excluding hydrogens is 284 g/mol. The summed E-state index contributed by atoms with van der Waals surface area (Å²) in [5.74, 6) is 0. The summed E-state index contributed by atoms with van der Waals surface area (Å²) >= 11 is 5.93. The van der Waals surface area contributed by atoms with Crippen molar-refractivity contribution in [3.8, 4) is 0 Å². The fourth-order valence-electron chi connectivity index (χ4n) is 2.55. The van der Waals surface area contributed by atoms with E-state index in [1.165, 1.54) is 0 Å². The van der Waals surface area contributed by atoms with Gasteiger partial charge in [0.05, 0.1) is 0 Å². The predicted molar refractivity (Wildman–Crippen MR) is 87.5 cm³/mol. The number of amides is 2. The van der Waals surface area contributed by atoms with Crippen LogP contribution in [0.2, 0.25) is 5.02 Å². The largest absolute Gasteiger partial charge is 0.338 e. The van der Waals surface area contributed by atoms with Crippen LogP contribution in [0.3, 0.4) is 0 Å². The molecule has 0 saturated carbocycles. The molecule has 1 aromatic carbocycles. The normalized spacial score (nSPS) is 17.5. The van der Waals surface area contributed by atoms with Crippen LogP contribution in [-0.2, 0) is 6.54 Å². The Morgan fingerprint density at radius 3 is 2.71 bits per heavy atom. The number of carbonyl (C=O) groups is 1. The van der Waals surface area contributed by atoms with E-state index in [-0.39, 0.29) is 12.1 Å². The van der Waals surface area contributed by atoms with E-state index in [0.717, 1.165) is 42.8 Å². The van der Waals surface area contributed by atoms with Crippen LogP contribution >= 0.6 is 11.6 Å². The molecule has 4 heteroatoms. The maximum atomic E-state index is 12.4. The summed E-state index contributed by atoms with van der Waals surface area (Å²) in [4.78, 5) is 14.4. The van der Waals surface area contributed by atoms with Crippen molar-refractivity contribution in [2.75, 3.05) is 6.54 Å². The van der Waals surface area contributed by atoms with Crippen LogP contribution < -0.4 is 5.32 Å². The second kappa shape index (κ2) is 8.08. The number of hydrogen-bond donors (Lipinski definition) is 1. The highest BCUT2D eigenvalue weighted by atomic mass is 35.5. The van der Waals surface area contributed by atoms with Gasteiger partial charge in [-0.05, 0) is 43.4 Å². The SMILES string of the molecule is CCCNC(=O)N(Cc1ccc(Cl)cc1)C1CC=CCC1. The number of nitrogens with one attached hydrogen (secondary N) is 1. The van der Waals surface area contributed by atoms with Gasteiger partial charge in [0.25, 0.3) is 0 Å². The Labute approximate surface area is 132 Å². The molecular formula is C17H23ClN2O. The number of halogens is 1. The van der Waals surface area contributed by atoms with Crippen molar-refractivity contribution in [2.24, 2.45) is 0 Å². The number of benzene rings is 1. The Kier molecular flexibility index (Phi) is 6.12. The van der Waals surface area contributed by atoms with Crippen molar-refractivity contribution in [2.45, 2.75) is 45.2 Å². The van der Waals surface area contributed by atoms with Crippen LogP contribution in [0.15, 0.2) is 36.4 Å². The molecule has 0 saturated heterocycles. The van der Waals surface area contributed by atoms with Crippen LogP contribution in [0, 0.1) is 0 Å². The lowest BCUT2D eigenvalue weighted by Crippen LogP contribution is -2.46. The lowest BCUT2D eigenvalue weighted by molar-refractivity contribution is 0.165. The quantitative estimate of drug-likeness (QED) is 0.805. The van der Waals surface area contributed by atoms with Crippen molar-refractivity contribution in [1.82, 2.24) is 10.2 Å². The lowest BCUT2D eigenvalue weighted by atomic mass is 10.00. The van der Waals surface area contributed by atoms with Crippen LogP contribution in [-0.4, -0.2) is 23.5 Å². The fourth-order valence-corrected chi connectivity index (χ4v) is 2.67. The highest BCUT2D eigenvalue weighted by molar-refractivity contribution is 6.30. The topological polar surface area (TPSA) is 32.3 Å². The van der Waals surface area contributed by atoms with E-state index < -0.39 is 0 Å². The molecule has 114 valence electrons. The lowest BCUT2D eigenvalue weighted by Gasteiger charge is -2.33. The standard InChI is InChI=1S/C17H23ClN2O/c1-2-12-19-17(21)20(16-6-4-3-5-7-16)13-14-8-10-15(18)11-9-14/h3-4,8-11,16H,2,5-7,12-13H2,1H3,(H,19,21). The van der Waals surface area contributed by atoms with Gasteiger partial charge in [-0.3, -0.25) is 0 Å². The molecule has 0 bridgehead atoms. The van der Waals surface area contributed by atoms with Crippen molar-refractivity contribution in [1.29, 1.82) is 0 Å². The molecule has 1 unspecified atom stereocenters. The Morgan fingerprint density at radius 2 is 2.10 bits per heavy atom. The first-order valence-corrected chi connectivity index (χ1v) is 8.02. The molecule has 1 aliphatic carbocycles. The van der Waals surface area contributed by atoms with Gasteiger partial charge < -0.3 is 10.2 Å². The second-order valence-electron chi connectivity index (χ2n) is 5.42. The van der Waals surface area contributed by atoms with Gasteiger partial charge >= 0.3 is 6.03 Å². The number of carbonyl (C=O) groups excluding carboxylic acids is 1. The maximum absolute atomic E-state index is 12.4. The summed E-state index contributed by atoms with van der Waals surface area (Å²) in [6, 6.07) is 8.04. The van der Waals surface area contributed by atoms with E-state index >= 15 is 0 Å². The van der Waals surface area contributed by atoms with Gasteiger partial charge in [0.2, 0.25) is 0 Å². The molecule has 0 spiro atoms. The van der Waals surface area contributed by atoms with E-state index in [1.54, 1.807) is 0 Å². The summed E-state index contributed by atoms with van der Waals surface area (Å²) in [6.07, 6.45) is 8.34. The van der Waals surface area contributed by atoms with Crippen LogP contribution in [0.5, 0.6) is 0 Å². The molecule has 0 heterocycles. The van der Waals surface area contributed by atoms with Crippen LogP contribution in [0.4, 0.5) is 4.79 Å². The minimum absolute atomic E-state index is 0.0344. The van der Waals surface area contributed by atoms with Gasteiger partial charge in [0, 0.05) is 24.2 Å². The average molecular weight is 307 g/mol. The van der Waals surface area contributed by atoms with E-state index in [4.69, 9.17) is 11.6 Å². The molecule has 21 heavy (non-hydrogen) atoms. The molecule has 0 radical (unpaired) electrons. The molecule has 1 aromatic rings. The minimum atomic E-state index is 0.0344. The minimum Gasteiger partial charge on any atom is -0.338 e. The van der Waals surface area contributed by atoms with Crippen molar-refractivity contribution >= 4 is 17.6 Å². The summed E-state index contributed by atoms with van der Waals surface area (Å²) < 4.78 is 0. The zero-order chi connectivity index (χ0) is 15.1. The number of urea groups is 1. The first-order valence-electron chi connectivity index (χ1n) is 7.64. The molecule has 1 atom stereocenters. The Morgan fingerprint density at radius 1 is 1.33 bits per heavy atom. The summed E-state index contributed by atoms with van der Waals surface area (Å²) in [5, 5.41) is 3.72. The van der Waals surface area contributed by atoms with Gasteiger partial charge in [-0.2, -0.15) is 0 Å². The highest BCUT2D eigenvalue weighted by Crippen LogP contribution is 2.21. The smallest absolute Gasteiger partial charge is 0.317 e. The first kappa shape index (κ1) is 15.9. The Bertz CT molecular complexity index is 484. The number of hydrogen-bond acceptors (Lipinski definition) is 1. The third-order valence-corrected chi connectivity index (χ3v) is 3.99. The monoisotopic (exact) mass is 306 g/mol. The summed E-state index contributed by atoms with van der Waals surface area (Å²) in [5.41, 5.74) is 1.11. The van der Waals surface area contributed by atoms with Crippen molar-refractivity contribution in [3.05, 3.63) is 47.0 Å². The predicted octanol–water partition coefficient (Wildman–Crippen LogP) is 4.37. The molecule has 1 N–H and O–H groups in total. The maximum Gasteiger partial charge on any atom is 0.317 e. The highest BCUT2D eigenvalue weighted by Gasteiger charge is 2.23. The van der Waals surface area contributed by atoms with Gasteiger partial charge in [0.1, 0.15) is 0 Å². The fraction of sp³-hybridized carbons (Fsp3) is 0.471. The number of allylic oxidation sites excluding steroid dienone is 1. The molecule has 1 aliphatic rings. The molecule has 0 aliphatic heterocycles. The Hall–Kier alpha value is -1.48. The third kappa shape index (κ3) is 4.78. The molecule has 0 aromatic heterocycles. The molecule has 2 rings (SSSR count). The van der Waals surface area contributed by atoms with Gasteiger partial charge in [-0.25, -0.2) is 4.79 Å². The van der Waals surface area contributed by atoms with Crippen LogP contribution in [0.1, 0.15) is 38.2 Å². The molecule has 2 amide bonds. The first-order chi connectivity index (χ1) is 10.2. The van der Waals surface area contributed by atoms with E-state index in [2.05, 4.69) is 24.4 Å². The van der Waals surface area contributed by atoms with Crippen molar-refractivity contribution < 1.29 is 4.79 Å². The third-order valence-electron chi connectivity index (χ3n) is 3.74. The van der Waals surface area contributed by atoms with Gasteiger partial charge in [-0.15, -0.1) is 0 Å². The van der Waals surface area contributed by atoms with E-state index in [0.29, 0.717) is 6.54 Å². The average Bonchev–Trinajstić information content (AvgIpc) is 2.53. The zero-order valence-electron chi connectivity index (χ0n) is 12.5. The number of nitrogens with zero attached hydrogens (tertiary/aromatic N) is 1. The van der Waals surface area contributed by atoms with Crippen LogP contribution in [0.25, 0.3) is 0 Å².